The van der Waals surface area contributed by atoms with E-state index in [1.807, 2.05) is 24.3 Å². The highest BCUT2D eigenvalue weighted by molar-refractivity contribution is 6.06. The molecule has 0 aliphatic heterocycles. The Bertz CT molecular complexity index is 917. The molecule has 0 saturated heterocycles. The van der Waals surface area contributed by atoms with E-state index in [0.29, 0.717) is 16.5 Å². The van der Waals surface area contributed by atoms with Crippen LogP contribution in [-0.4, -0.2) is 17.1 Å². The minimum absolute atomic E-state index is 0.0975. The third kappa shape index (κ3) is 1.85. The number of esters is 1. The summed E-state index contributed by atoms with van der Waals surface area (Å²) >= 11 is 0. The van der Waals surface area contributed by atoms with Crippen LogP contribution in [0.3, 0.4) is 0 Å². The van der Waals surface area contributed by atoms with E-state index >= 15 is 0 Å². The number of ether oxygens (including phenoxy) is 1. The smallest absolute Gasteiger partial charge is 0.374 e. The molecule has 21 heavy (non-hydrogen) atoms. The second kappa shape index (κ2) is 4.77. The predicted octanol–water partition coefficient (Wildman–Crippen LogP) is 2.77. The average Bonchev–Trinajstić information content (AvgIpc) is 2.83. The first-order valence-electron chi connectivity index (χ1n) is 6.74. The van der Waals surface area contributed by atoms with Crippen LogP contribution in [0.1, 0.15) is 23.0 Å². The van der Waals surface area contributed by atoms with Crippen molar-refractivity contribution in [3.63, 3.8) is 0 Å². The first-order chi connectivity index (χ1) is 10.1. The molecule has 3 aromatic rings. The van der Waals surface area contributed by atoms with E-state index in [0.717, 1.165) is 10.9 Å². The zero-order valence-corrected chi connectivity index (χ0v) is 12.1. The largest absolute Gasteiger partial charge is 0.460 e. The minimum atomic E-state index is -0.544. The number of fused-ring (bicyclic) bond motifs is 3. The summed E-state index contributed by atoms with van der Waals surface area (Å²) in [5.41, 5.74) is 1.55. The monoisotopic (exact) mass is 285 g/mol. The first-order valence-corrected chi connectivity index (χ1v) is 6.74. The highest BCUT2D eigenvalue weighted by Gasteiger charge is 2.23. The van der Waals surface area contributed by atoms with Crippen molar-refractivity contribution < 1.29 is 13.9 Å². The molecule has 0 spiro atoms. The Morgan fingerprint density at radius 3 is 2.76 bits per heavy atom. The van der Waals surface area contributed by atoms with Crippen molar-refractivity contribution >= 4 is 27.8 Å². The highest BCUT2D eigenvalue weighted by atomic mass is 16.5. The van der Waals surface area contributed by atoms with E-state index < -0.39 is 5.97 Å². The van der Waals surface area contributed by atoms with Crippen molar-refractivity contribution in [2.24, 2.45) is 7.05 Å². The van der Waals surface area contributed by atoms with Gasteiger partial charge in [0.15, 0.2) is 0 Å². The van der Waals surface area contributed by atoms with Crippen LogP contribution in [-0.2, 0) is 11.8 Å². The normalized spacial score (nSPS) is 11.2. The standard InChI is InChI=1S/C16H15NO4/c1-4-20-16(19)13-9(2)12-14(21-13)10-7-5-6-8-11(10)17(3)15(12)18/h5-8H,4H2,1-3H3. The number of benzene rings is 1. The second-order valence-electron chi connectivity index (χ2n) is 4.86. The van der Waals surface area contributed by atoms with Crippen molar-refractivity contribution in [1.29, 1.82) is 0 Å². The summed E-state index contributed by atoms with van der Waals surface area (Å²) in [5, 5.41) is 1.23. The molecule has 0 fully saturated rings. The molecular formula is C16H15NO4. The third-order valence-corrected chi connectivity index (χ3v) is 3.64. The number of rotatable bonds is 2. The molecule has 0 aliphatic carbocycles. The molecule has 0 atom stereocenters. The van der Waals surface area contributed by atoms with Crippen LogP contribution in [0.25, 0.3) is 21.9 Å². The zero-order valence-electron chi connectivity index (χ0n) is 12.1. The molecule has 0 radical (unpaired) electrons. The molecule has 5 heteroatoms. The number of aromatic nitrogens is 1. The van der Waals surface area contributed by atoms with Gasteiger partial charge < -0.3 is 13.7 Å². The molecular weight excluding hydrogens is 270 g/mol. The van der Waals surface area contributed by atoms with Crippen LogP contribution in [0.2, 0.25) is 0 Å². The number of pyridine rings is 1. The quantitative estimate of drug-likeness (QED) is 0.679. The van der Waals surface area contributed by atoms with Crippen molar-refractivity contribution in [3.05, 3.63) is 45.9 Å². The Morgan fingerprint density at radius 2 is 2.05 bits per heavy atom. The van der Waals surface area contributed by atoms with Gasteiger partial charge in [-0.15, -0.1) is 0 Å². The van der Waals surface area contributed by atoms with Crippen LogP contribution < -0.4 is 5.56 Å². The predicted molar refractivity (Wildman–Crippen MR) is 79.7 cm³/mol. The fourth-order valence-electron chi connectivity index (χ4n) is 2.59. The lowest BCUT2D eigenvalue weighted by atomic mass is 10.1. The summed E-state index contributed by atoms with van der Waals surface area (Å²) in [4.78, 5) is 24.5. The van der Waals surface area contributed by atoms with Crippen molar-refractivity contribution in [2.45, 2.75) is 13.8 Å². The molecule has 0 N–H and O–H groups in total. The lowest BCUT2D eigenvalue weighted by molar-refractivity contribution is 0.0491. The molecule has 0 bridgehead atoms. The molecule has 0 unspecified atom stereocenters. The molecule has 108 valence electrons. The van der Waals surface area contributed by atoms with E-state index in [1.54, 1.807) is 25.5 Å². The summed E-state index contributed by atoms with van der Waals surface area (Å²) in [6, 6.07) is 7.44. The van der Waals surface area contributed by atoms with Gasteiger partial charge >= 0.3 is 5.97 Å². The van der Waals surface area contributed by atoms with E-state index in [2.05, 4.69) is 0 Å². The number of hydrogen-bond donors (Lipinski definition) is 0. The van der Waals surface area contributed by atoms with Crippen molar-refractivity contribution in [2.75, 3.05) is 6.61 Å². The maximum absolute atomic E-state index is 12.5. The number of para-hydroxylation sites is 1. The molecule has 0 amide bonds. The van der Waals surface area contributed by atoms with E-state index in [-0.39, 0.29) is 17.9 Å². The van der Waals surface area contributed by atoms with Crippen LogP contribution in [0, 0.1) is 6.92 Å². The second-order valence-corrected chi connectivity index (χ2v) is 4.86. The number of carbonyl (C=O) groups is 1. The summed E-state index contributed by atoms with van der Waals surface area (Å²) in [6.07, 6.45) is 0. The van der Waals surface area contributed by atoms with Gasteiger partial charge in [0.25, 0.3) is 5.56 Å². The summed E-state index contributed by atoms with van der Waals surface area (Å²) < 4.78 is 12.2. The van der Waals surface area contributed by atoms with Gasteiger partial charge in [0.1, 0.15) is 5.58 Å². The van der Waals surface area contributed by atoms with Gasteiger partial charge in [-0.3, -0.25) is 4.79 Å². The maximum Gasteiger partial charge on any atom is 0.374 e. The molecule has 2 heterocycles. The van der Waals surface area contributed by atoms with Crippen LogP contribution >= 0.6 is 0 Å². The average molecular weight is 285 g/mol. The fourth-order valence-corrected chi connectivity index (χ4v) is 2.59. The Kier molecular flexibility index (Phi) is 3.05. The molecule has 3 rings (SSSR count). The summed E-state index contributed by atoms with van der Waals surface area (Å²) in [7, 11) is 1.71. The molecule has 2 aromatic heterocycles. The van der Waals surface area contributed by atoms with Crippen molar-refractivity contribution in [3.8, 4) is 0 Å². The van der Waals surface area contributed by atoms with Gasteiger partial charge in [0.2, 0.25) is 5.76 Å². The Balaban J connectivity index is 2.47. The van der Waals surface area contributed by atoms with E-state index in [9.17, 15) is 9.59 Å². The van der Waals surface area contributed by atoms with E-state index in [4.69, 9.17) is 9.15 Å². The Morgan fingerprint density at radius 1 is 1.33 bits per heavy atom. The number of carbonyl (C=O) groups excluding carboxylic acids is 1. The number of aryl methyl sites for hydroxylation is 2. The van der Waals surface area contributed by atoms with Gasteiger partial charge in [-0.05, 0) is 26.0 Å². The lowest BCUT2D eigenvalue weighted by Gasteiger charge is -2.04. The maximum atomic E-state index is 12.5. The number of furan rings is 1. The molecule has 5 nitrogen and oxygen atoms in total. The van der Waals surface area contributed by atoms with Gasteiger partial charge in [0.05, 0.1) is 17.5 Å². The lowest BCUT2D eigenvalue weighted by Crippen LogP contribution is -2.17. The molecule has 0 aliphatic rings. The highest BCUT2D eigenvalue weighted by Crippen LogP contribution is 2.29. The van der Waals surface area contributed by atoms with Gasteiger partial charge in [-0.25, -0.2) is 4.79 Å². The topological polar surface area (TPSA) is 61.4 Å². The summed E-state index contributed by atoms with van der Waals surface area (Å²) in [5.74, 6) is -0.447. The van der Waals surface area contributed by atoms with Crippen LogP contribution in [0.15, 0.2) is 33.5 Å². The van der Waals surface area contributed by atoms with Gasteiger partial charge in [-0.1, -0.05) is 12.1 Å². The minimum Gasteiger partial charge on any atom is -0.460 e. The van der Waals surface area contributed by atoms with E-state index in [1.165, 1.54) is 0 Å². The Labute approximate surface area is 120 Å². The third-order valence-electron chi connectivity index (χ3n) is 3.64. The zero-order chi connectivity index (χ0) is 15.1. The van der Waals surface area contributed by atoms with Crippen LogP contribution in [0.5, 0.6) is 0 Å². The van der Waals surface area contributed by atoms with Gasteiger partial charge in [-0.2, -0.15) is 0 Å². The van der Waals surface area contributed by atoms with Gasteiger partial charge in [0, 0.05) is 18.0 Å². The van der Waals surface area contributed by atoms with Crippen LogP contribution in [0.4, 0.5) is 0 Å². The molecule has 1 aromatic carbocycles. The fraction of sp³-hybridized carbons (Fsp3) is 0.250. The SMILES string of the molecule is CCOC(=O)c1oc2c(c1C)c(=O)n(C)c1ccccc21. The Hall–Kier alpha value is -2.56. The molecule has 0 saturated carbocycles. The number of nitrogens with zero attached hydrogens (tertiary/aromatic N) is 1. The number of hydrogen-bond acceptors (Lipinski definition) is 4. The summed E-state index contributed by atoms with van der Waals surface area (Å²) in [6.45, 7) is 3.69. The van der Waals surface area contributed by atoms with Crippen molar-refractivity contribution in [1.82, 2.24) is 4.57 Å². The first kappa shape index (κ1) is 13.4.